The van der Waals surface area contributed by atoms with Crippen LogP contribution in [0.3, 0.4) is 0 Å². The number of para-hydroxylation sites is 1. The molecule has 0 aliphatic carbocycles. The molecule has 1 heterocycles. The normalized spacial score (nSPS) is 10.1. The molecule has 0 unspecified atom stereocenters. The van der Waals surface area contributed by atoms with Crippen molar-refractivity contribution in [3.8, 4) is 0 Å². The average molecular weight is 311 g/mol. The van der Waals surface area contributed by atoms with E-state index in [1.165, 1.54) is 0 Å². The number of aromatic nitrogens is 1. The number of carbonyl (C=O) groups is 2. The van der Waals surface area contributed by atoms with E-state index in [0.29, 0.717) is 23.5 Å². The second kappa shape index (κ2) is 8.68. The lowest BCUT2D eigenvalue weighted by atomic mass is 10.1. The van der Waals surface area contributed by atoms with E-state index >= 15 is 0 Å². The Morgan fingerprint density at radius 1 is 1.00 bits per heavy atom. The highest BCUT2D eigenvalue weighted by molar-refractivity contribution is 6.09. The second-order valence-corrected chi connectivity index (χ2v) is 5.22. The summed E-state index contributed by atoms with van der Waals surface area (Å²) < 4.78 is 0. The van der Waals surface area contributed by atoms with Crippen molar-refractivity contribution in [2.75, 3.05) is 10.6 Å². The zero-order valence-corrected chi connectivity index (χ0v) is 13.2. The minimum Gasteiger partial charge on any atom is -0.325 e. The van der Waals surface area contributed by atoms with Crippen molar-refractivity contribution in [1.82, 2.24) is 4.98 Å². The minimum atomic E-state index is -0.298. The number of benzene rings is 1. The van der Waals surface area contributed by atoms with E-state index in [1.54, 1.807) is 48.7 Å². The number of hydrogen-bond acceptors (Lipinski definition) is 3. The molecular formula is C18H21N3O2. The standard InChI is InChI=1S/C18H21N3O2/c1-2-3-4-12-17(22)20-15-10-6-5-9-14(15)18(23)21-16-11-7-8-13-19-16/h5-11,13H,2-4,12H2,1H3,(H,20,22)(H,19,21,23). The molecule has 23 heavy (non-hydrogen) atoms. The number of rotatable bonds is 7. The molecule has 0 saturated carbocycles. The number of nitrogens with zero attached hydrogens (tertiary/aromatic N) is 1. The van der Waals surface area contributed by atoms with Crippen molar-refractivity contribution < 1.29 is 9.59 Å². The number of unbranched alkanes of at least 4 members (excludes halogenated alkanes) is 2. The highest BCUT2D eigenvalue weighted by Gasteiger charge is 2.13. The van der Waals surface area contributed by atoms with Crippen LogP contribution in [0.4, 0.5) is 11.5 Å². The van der Waals surface area contributed by atoms with Gasteiger partial charge in [-0.15, -0.1) is 0 Å². The van der Waals surface area contributed by atoms with Gasteiger partial charge in [-0.3, -0.25) is 9.59 Å². The van der Waals surface area contributed by atoms with Crippen LogP contribution in [-0.4, -0.2) is 16.8 Å². The number of hydrogen-bond donors (Lipinski definition) is 2. The SMILES string of the molecule is CCCCCC(=O)Nc1ccccc1C(=O)Nc1ccccn1. The van der Waals surface area contributed by atoms with E-state index in [1.807, 2.05) is 0 Å². The highest BCUT2D eigenvalue weighted by atomic mass is 16.2. The van der Waals surface area contributed by atoms with Gasteiger partial charge in [0.1, 0.15) is 5.82 Å². The monoisotopic (exact) mass is 311 g/mol. The van der Waals surface area contributed by atoms with Gasteiger partial charge in [0.2, 0.25) is 5.91 Å². The molecule has 5 nitrogen and oxygen atoms in total. The molecule has 1 aromatic carbocycles. The smallest absolute Gasteiger partial charge is 0.258 e. The maximum atomic E-state index is 12.4. The van der Waals surface area contributed by atoms with Crippen molar-refractivity contribution in [2.45, 2.75) is 32.6 Å². The van der Waals surface area contributed by atoms with E-state index in [-0.39, 0.29) is 11.8 Å². The molecule has 0 bridgehead atoms. The molecule has 2 amide bonds. The van der Waals surface area contributed by atoms with E-state index < -0.39 is 0 Å². The topological polar surface area (TPSA) is 71.1 Å². The molecule has 120 valence electrons. The Kier molecular flexibility index (Phi) is 6.29. The summed E-state index contributed by atoms with van der Waals surface area (Å²) in [4.78, 5) is 28.4. The van der Waals surface area contributed by atoms with Crippen LogP contribution in [0.15, 0.2) is 48.7 Å². The van der Waals surface area contributed by atoms with Gasteiger partial charge >= 0.3 is 0 Å². The molecule has 0 fully saturated rings. The van der Waals surface area contributed by atoms with Crippen molar-refractivity contribution in [3.05, 3.63) is 54.2 Å². The molecule has 2 N–H and O–H groups in total. The lowest BCUT2D eigenvalue weighted by molar-refractivity contribution is -0.116. The Morgan fingerprint density at radius 3 is 2.52 bits per heavy atom. The Balaban J connectivity index is 2.04. The van der Waals surface area contributed by atoms with Gasteiger partial charge in [0.15, 0.2) is 0 Å². The number of pyridine rings is 1. The van der Waals surface area contributed by atoms with Crippen LogP contribution in [0.25, 0.3) is 0 Å². The molecule has 0 atom stereocenters. The van der Waals surface area contributed by atoms with Crippen LogP contribution in [-0.2, 0) is 4.79 Å². The van der Waals surface area contributed by atoms with Crippen LogP contribution in [0.2, 0.25) is 0 Å². The Hall–Kier alpha value is -2.69. The Labute approximate surface area is 136 Å². The summed E-state index contributed by atoms with van der Waals surface area (Å²) in [6.45, 7) is 2.09. The summed E-state index contributed by atoms with van der Waals surface area (Å²) in [6.07, 6.45) is 5.01. The first-order valence-electron chi connectivity index (χ1n) is 7.82. The van der Waals surface area contributed by atoms with Crippen LogP contribution in [0.1, 0.15) is 43.0 Å². The third-order valence-electron chi connectivity index (χ3n) is 3.36. The van der Waals surface area contributed by atoms with Crippen LogP contribution < -0.4 is 10.6 Å². The molecular weight excluding hydrogens is 290 g/mol. The zero-order valence-electron chi connectivity index (χ0n) is 13.2. The zero-order chi connectivity index (χ0) is 16.5. The predicted molar refractivity (Wildman–Crippen MR) is 91.4 cm³/mol. The molecule has 1 aromatic heterocycles. The number of anilines is 2. The largest absolute Gasteiger partial charge is 0.325 e. The summed E-state index contributed by atoms with van der Waals surface area (Å²) in [5, 5.41) is 5.54. The maximum absolute atomic E-state index is 12.4. The van der Waals surface area contributed by atoms with Crippen molar-refractivity contribution >= 4 is 23.3 Å². The van der Waals surface area contributed by atoms with Gasteiger partial charge in [0, 0.05) is 12.6 Å². The molecule has 0 aliphatic rings. The second-order valence-electron chi connectivity index (χ2n) is 5.22. The summed E-state index contributed by atoms with van der Waals surface area (Å²) >= 11 is 0. The third kappa shape index (κ3) is 5.21. The van der Waals surface area contributed by atoms with Crippen LogP contribution in [0.5, 0.6) is 0 Å². The van der Waals surface area contributed by atoms with E-state index in [9.17, 15) is 9.59 Å². The van der Waals surface area contributed by atoms with Crippen LogP contribution >= 0.6 is 0 Å². The molecule has 0 saturated heterocycles. The molecule has 0 aliphatic heterocycles. The third-order valence-corrected chi connectivity index (χ3v) is 3.36. The fourth-order valence-electron chi connectivity index (χ4n) is 2.16. The van der Waals surface area contributed by atoms with Crippen LogP contribution in [0, 0.1) is 0 Å². The first-order chi connectivity index (χ1) is 11.2. The van der Waals surface area contributed by atoms with Gasteiger partial charge in [-0.2, -0.15) is 0 Å². The van der Waals surface area contributed by atoms with Gasteiger partial charge in [0.25, 0.3) is 5.91 Å². The van der Waals surface area contributed by atoms with Gasteiger partial charge in [-0.05, 0) is 30.7 Å². The minimum absolute atomic E-state index is 0.0727. The lowest BCUT2D eigenvalue weighted by Crippen LogP contribution is -2.18. The van der Waals surface area contributed by atoms with Gasteiger partial charge < -0.3 is 10.6 Å². The predicted octanol–water partition coefficient (Wildman–Crippen LogP) is 3.85. The lowest BCUT2D eigenvalue weighted by Gasteiger charge is -2.11. The number of nitrogens with one attached hydrogen (secondary N) is 2. The average Bonchev–Trinajstić information content (AvgIpc) is 2.56. The Morgan fingerprint density at radius 2 is 1.78 bits per heavy atom. The quantitative estimate of drug-likeness (QED) is 0.763. The maximum Gasteiger partial charge on any atom is 0.258 e. The summed E-state index contributed by atoms with van der Waals surface area (Å²) in [6, 6.07) is 12.2. The summed E-state index contributed by atoms with van der Waals surface area (Å²) in [5.41, 5.74) is 0.935. The van der Waals surface area contributed by atoms with E-state index in [0.717, 1.165) is 19.3 Å². The number of amides is 2. The molecule has 5 heteroatoms. The molecule has 2 aromatic rings. The first-order valence-corrected chi connectivity index (χ1v) is 7.82. The number of carbonyl (C=O) groups excluding carboxylic acids is 2. The highest BCUT2D eigenvalue weighted by Crippen LogP contribution is 2.17. The first kappa shape index (κ1) is 16.7. The fourth-order valence-corrected chi connectivity index (χ4v) is 2.16. The van der Waals surface area contributed by atoms with Gasteiger partial charge in [0.05, 0.1) is 11.3 Å². The van der Waals surface area contributed by atoms with E-state index in [2.05, 4.69) is 22.5 Å². The fraction of sp³-hybridized carbons (Fsp3) is 0.278. The molecule has 2 rings (SSSR count). The van der Waals surface area contributed by atoms with Gasteiger partial charge in [-0.25, -0.2) is 4.98 Å². The van der Waals surface area contributed by atoms with Crippen molar-refractivity contribution in [1.29, 1.82) is 0 Å². The van der Waals surface area contributed by atoms with E-state index in [4.69, 9.17) is 0 Å². The molecule has 0 spiro atoms. The van der Waals surface area contributed by atoms with Crippen molar-refractivity contribution in [2.24, 2.45) is 0 Å². The van der Waals surface area contributed by atoms with Crippen molar-refractivity contribution in [3.63, 3.8) is 0 Å². The van der Waals surface area contributed by atoms with Gasteiger partial charge in [-0.1, -0.05) is 38.0 Å². The summed E-state index contributed by atoms with van der Waals surface area (Å²) in [7, 11) is 0. The molecule has 0 radical (unpaired) electrons. The summed E-state index contributed by atoms with van der Waals surface area (Å²) in [5.74, 6) is 0.103. The Bertz CT molecular complexity index is 656.